The summed E-state index contributed by atoms with van der Waals surface area (Å²) in [6.07, 6.45) is -2.65. The smallest absolute Gasteiger partial charge is 0.312 e. The van der Waals surface area contributed by atoms with Crippen molar-refractivity contribution in [2.45, 2.75) is 24.9 Å². The van der Waals surface area contributed by atoms with E-state index in [9.17, 15) is 22.8 Å². The molecule has 2 N–H and O–H groups in total. The topological polar surface area (TPSA) is 94.2 Å². The second-order valence-corrected chi connectivity index (χ2v) is 5.24. The molecule has 0 bridgehead atoms. The number of hydrogen-bond donors (Lipinski definition) is 2. The Morgan fingerprint density at radius 3 is 2.68 bits per heavy atom. The quantitative estimate of drug-likeness (QED) is 0.851. The molecule has 120 valence electrons. The van der Waals surface area contributed by atoms with Gasteiger partial charge in [0.15, 0.2) is 5.69 Å². The fourth-order valence-electron chi connectivity index (χ4n) is 2.27. The van der Waals surface area contributed by atoms with Gasteiger partial charge >= 0.3 is 12.2 Å². The maximum Gasteiger partial charge on any atom is 0.406 e. The lowest BCUT2D eigenvalue weighted by molar-refractivity contribution is -0.138. The van der Waals surface area contributed by atoms with Crippen LogP contribution in [0.2, 0.25) is 0 Å². The van der Waals surface area contributed by atoms with Crippen LogP contribution in [-0.2, 0) is 0 Å². The largest absolute Gasteiger partial charge is 0.406 e. The molecule has 2 heterocycles. The van der Waals surface area contributed by atoms with Crippen molar-refractivity contribution in [2.75, 3.05) is 19.6 Å². The number of nitrogens with zero attached hydrogens (tertiary/aromatic N) is 4. The number of hydrogen-bond acceptors (Lipinski definition) is 4. The van der Waals surface area contributed by atoms with Gasteiger partial charge in [0, 0.05) is 12.5 Å². The van der Waals surface area contributed by atoms with Gasteiger partial charge in [-0.3, -0.25) is 10.2 Å². The van der Waals surface area contributed by atoms with Gasteiger partial charge in [-0.05, 0) is 12.8 Å². The summed E-state index contributed by atoms with van der Waals surface area (Å²) in [6, 6.07) is -0.887. The van der Waals surface area contributed by atoms with E-state index in [1.807, 2.05) is 0 Å². The summed E-state index contributed by atoms with van der Waals surface area (Å²) in [5, 5.41) is 10.9. The molecule has 0 atom stereocenters. The SMILES string of the molecule is O=C(NN1CCN(CC(F)(F)F)C1=O)c1n[nH]nc1C1CC1. The number of nitrogens with one attached hydrogen (secondary N) is 2. The van der Waals surface area contributed by atoms with E-state index in [4.69, 9.17) is 0 Å². The molecule has 0 unspecified atom stereocenters. The first-order valence-electron chi connectivity index (χ1n) is 6.70. The van der Waals surface area contributed by atoms with E-state index in [1.165, 1.54) is 0 Å². The minimum Gasteiger partial charge on any atom is -0.312 e. The van der Waals surface area contributed by atoms with Crippen LogP contribution in [0.15, 0.2) is 0 Å². The Labute approximate surface area is 122 Å². The molecule has 1 saturated carbocycles. The number of alkyl halides is 3. The van der Waals surface area contributed by atoms with Gasteiger partial charge in [0.05, 0.1) is 12.2 Å². The normalized spacial score (nSPS) is 19.0. The molecule has 1 aliphatic carbocycles. The van der Waals surface area contributed by atoms with Gasteiger partial charge < -0.3 is 4.90 Å². The first kappa shape index (κ1) is 14.6. The Kier molecular flexibility index (Phi) is 3.41. The maximum atomic E-state index is 12.3. The van der Waals surface area contributed by atoms with Gasteiger partial charge in [-0.2, -0.15) is 28.6 Å². The van der Waals surface area contributed by atoms with Crippen molar-refractivity contribution in [3.05, 3.63) is 11.4 Å². The van der Waals surface area contributed by atoms with Gasteiger partial charge in [-0.1, -0.05) is 0 Å². The van der Waals surface area contributed by atoms with E-state index in [0.29, 0.717) is 10.6 Å². The minimum absolute atomic E-state index is 0.0166. The zero-order valence-electron chi connectivity index (χ0n) is 11.4. The molecule has 11 heteroatoms. The molecule has 2 fully saturated rings. The molecule has 8 nitrogen and oxygen atoms in total. The summed E-state index contributed by atoms with van der Waals surface area (Å²) in [7, 11) is 0. The third-order valence-corrected chi connectivity index (χ3v) is 3.46. The second kappa shape index (κ2) is 5.14. The van der Waals surface area contributed by atoms with Gasteiger partial charge in [0.25, 0.3) is 5.91 Å². The Bertz CT molecular complexity index is 597. The van der Waals surface area contributed by atoms with Crippen molar-refractivity contribution < 1.29 is 22.8 Å². The third-order valence-electron chi connectivity index (χ3n) is 3.46. The lowest BCUT2D eigenvalue weighted by Crippen LogP contribution is -2.46. The van der Waals surface area contributed by atoms with Crippen molar-refractivity contribution in [1.82, 2.24) is 30.7 Å². The zero-order chi connectivity index (χ0) is 15.9. The standard InChI is InChI=1S/C11H13F3N6O2/c12-11(13,14)5-19-3-4-20(10(19)22)17-9(21)8-7(6-1-2-6)15-18-16-8/h6H,1-5H2,(H,17,21)(H,15,16,18). The number of H-pyrrole nitrogens is 1. The number of hydrazine groups is 1. The highest BCUT2D eigenvalue weighted by atomic mass is 19.4. The summed E-state index contributed by atoms with van der Waals surface area (Å²) in [6.45, 7) is -1.46. The summed E-state index contributed by atoms with van der Waals surface area (Å²) >= 11 is 0. The third kappa shape index (κ3) is 2.97. The molecule has 1 aliphatic heterocycles. The van der Waals surface area contributed by atoms with Gasteiger partial charge in [-0.25, -0.2) is 9.80 Å². The number of aromatic amines is 1. The number of aromatic nitrogens is 3. The summed E-state index contributed by atoms with van der Waals surface area (Å²) < 4.78 is 37.0. The molecule has 0 aromatic carbocycles. The van der Waals surface area contributed by atoms with E-state index in [0.717, 1.165) is 17.9 Å². The number of rotatable bonds is 4. The Morgan fingerprint density at radius 2 is 2.05 bits per heavy atom. The summed E-state index contributed by atoms with van der Waals surface area (Å²) in [5.41, 5.74) is 2.88. The highest BCUT2D eigenvalue weighted by molar-refractivity contribution is 5.94. The first-order chi connectivity index (χ1) is 10.3. The number of halogens is 3. The van der Waals surface area contributed by atoms with Crippen molar-refractivity contribution in [2.24, 2.45) is 0 Å². The average Bonchev–Trinajstić information content (AvgIpc) is 3.07. The van der Waals surface area contributed by atoms with Gasteiger partial charge in [0.1, 0.15) is 6.54 Å². The summed E-state index contributed by atoms with van der Waals surface area (Å²) in [4.78, 5) is 24.5. The van der Waals surface area contributed by atoms with Crippen molar-refractivity contribution in [3.63, 3.8) is 0 Å². The van der Waals surface area contributed by atoms with Crippen LogP contribution in [0.4, 0.5) is 18.0 Å². The van der Waals surface area contributed by atoms with Crippen molar-refractivity contribution >= 4 is 11.9 Å². The van der Waals surface area contributed by atoms with Crippen LogP contribution in [0.5, 0.6) is 0 Å². The van der Waals surface area contributed by atoms with Crippen LogP contribution in [0.3, 0.4) is 0 Å². The highest BCUT2D eigenvalue weighted by Gasteiger charge is 2.39. The molecule has 0 spiro atoms. The van der Waals surface area contributed by atoms with Crippen LogP contribution in [0, 0.1) is 0 Å². The number of urea groups is 1. The van der Waals surface area contributed by atoms with Gasteiger partial charge in [-0.15, -0.1) is 0 Å². The van der Waals surface area contributed by atoms with Crippen LogP contribution >= 0.6 is 0 Å². The molecule has 3 rings (SSSR count). The van der Waals surface area contributed by atoms with E-state index in [2.05, 4.69) is 20.8 Å². The zero-order valence-corrected chi connectivity index (χ0v) is 11.4. The predicted molar refractivity (Wildman–Crippen MR) is 65.6 cm³/mol. The van der Waals surface area contributed by atoms with Crippen LogP contribution in [0.1, 0.15) is 34.9 Å². The molecular formula is C11H13F3N6O2. The van der Waals surface area contributed by atoms with Crippen molar-refractivity contribution in [1.29, 1.82) is 0 Å². The monoisotopic (exact) mass is 318 g/mol. The van der Waals surface area contributed by atoms with Crippen molar-refractivity contribution in [3.8, 4) is 0 Å². The van der Waals surface area contributed by atoms with E-state index < -0.39 is 24.7 Å². The lowest BCUT2D eigenvalue weighted by atomic mass is 10.2. The molecule has 22 heavy (non-hydrogen) atoms. The van der Waals surface area contributed by atoms with E-state index >= 15 is 0 Å². The number of amides is 3. The fourth-order valence-corrected chi connectivity index (χ4v) is 2.27. The summed E-state index contributed by atoms with van der Waals surface area (Å²) in [5.74, 6) is -0.478. The van der Waals surface area contributed by atoms with Crippen LogP contribution in [0.25, 0.3) is 0 Å². The average molecular weight is 318 g/mol. The maximum absolute atomic E-state index is 12.3. The second-order valence-electron chi connectivity index (χ2n) is 5.24. The molecule has 2 aliphatic rings. The molecular weight excluding hydrogens is 305 g/mol. The lowest BCUT2D eigenvalue weighted by Gasteiger charge is -2.19. The van der Waals surface area contributed by atoms with Gasteiger partial charge in [0.2, 0.25) is 0 Å². The van der Waals surface area contributed by atoms with Crippen LogP contribution in [-0.4, -0.2) is 63.1 Å². The Morgan fingerprint density at radius 1 is 1.32 bits per heavy atom. The molecule has 1 aromatic rings. The molecule has 1 aromatic heterocycles. The first-order valence-corrected chi connectivity index (χ1v) is 6.70. The predicted octanol–water partition coefficient (Wildman–Crippen LogP) is 0.627. The Hall–Kier alpha value is -2.33. The molecule has 0 radical (unpaired) electrons. The van der Waals surface area contributed by atoms with E-state index in [-0.39, 0.29) is 24.7 Å². The minimum atomic E-state index is -4.47. The fraction of sp³-hybridized carbons (Fsp3) is 0.636. The molecule has 3 amide bonds. The number of carbonyl (C=O) groups excluding carboxylic acids is 2. The Balaban J connectivity index is 1.62. The molecule has 1 saturated heterocycles. The highest BCUT2D eigenvalue weighted by Crippen LogP contribution is 2.39. The van der Waals surface area contributed by atoms with E-state index in [1.54, 1.807) is 0 Å². The van der Waals surface area contributed by atoms with Crippen LogP contribution < -0.4 is 5.43 Å². The number of carbonyl (C=O) groups is 2.